The van der Waals surface area contributed by atoms with Crippen molar-refractivity contribution < 1.29 is 14.2 Å². The Morgan fingerprint density at radius 3 is 2.60 bits per heavy atom. The molecule has 0 aliphatic carbocycles. The van der Waals surface area contributed by atoms with E-state index in [-0.39, 0.29) is 5.56 Å². The van der Waals surface area contributed by atoms with Crippen molar-refractivity contribution in [3.8, 4) is 5.75 Å². The average molecular weight is 272 g/mol. The lowest BCUT2D eigenvalue weighted by molar-refractivity contribution is 0.194. The Kier molecular flexibility index (Phi) is 4.91. The second-order valence-electron chi connectivity index (χ2n) is 4.48. The SMILES string of the molecule is C[C@@H](O)c1ccc(OC/C=C/c2ccccc2)cc1F. The van der Waals surface area contributed by atoms with Crippen LogP contribution in [0.2, 0.25) is 0 Å². The van der Waals surface area contributed by atoms with E-state index in [1.807, 2.05) is 42.5 Å². The number of ether oxygens (including phenoxy) is 1. The van der Waals surface area contributed by atoms with Gasteiger partial charge in [-0.25, -0.2) is 4.39 Å². The van der Waals surface area contributed by atoms with Gasteiger partial charge in [-0.3, -0.25) is 0 Å². The van der Waals surface area contributed by atoms with Gasteiger partial charge in [-0.05, 0) is 30.7 Å². The van der Waals surface area contributed by atoms with E-state index in [0.717, 1.165) is 5.56 Å². The van der Waals surface area contributed by atoms with E-state index in [1.54, 1.807) is 6.07 Å². The predicted octanol–water partition coefficient (Wildman–Crippen LogP) is 3.97. The monoisotopic (exact) mass is 272 g/mol. The number of hydrogen-bond donors (Lipinski definition) is 1. The van der Waals surface area contributed by atoms with Gasteiger partial charge in [0.25, 0.3) is 0 Å². The average Bonchev–Trinajstić information content (AvgIpc) is 2.44. The van der Waals surface area contributed by atoms with Crippen molar-refractivity contribution in [2.45, 2.75) is 13.0 Å². The number of aliphatic hydroxyl groups is 1. The van der Waals surface area contributed by atoms with Gasteiger partial charge in [0.2, 0.25) is 0 Å². The topological polar surface area (TPSA) is 29.5 Å². The van der Waals surface area contributed by atoms with Gasteiger partial charge in [0.05, 0.1) is 6.10 Å². The maximum atomic E-state index is 13.6. The summed E-state index contributed by atoms with van der Waals surface area (Å²) in [5.41, 5.74) is 1.36. The Morgan fingerprint density at radius 2 is 1.95 bits per heavy atom. The maximum Gasteiger partial charge on any atom is 0.132 e. The summed E-state index contributed by atoms with van der Waals surface area (Å²) in [6.45, 7) is 1.89. The molecular weight excluding hydrogens is 255 g/mol. The molecule has 0 bridgehead atoms. The predicted molar refractivity (Wildman–Crippen MR) is 78.0 cm³/mol. The van der Waals surface area contributed by atoms with Crippen molar-refractivity contribution in [3.63, 3.8) is 0 Å². The number of hydrogen-bond acceptors (Lipinski definition) is 2. The Bertz CT molecular complexity index is 577. The molecule has 0 aliphatic rings. The molecule has 1 atom stereocenters. The molecule has 0 spiro atoms. The standard InChI is InChI=1S/C17H17FO2/c1-13(19)16-10-9-15(12-17(16)18)20-11-5-8-14-6-3-2-4-7-14/h2-10,12-13,19H,11H2,1H3/b8-5+/t13-/m1/s1. The van der Waals surface area contributed by atoms with Crippen molar-refractivity contribution in [1.82, 2.24) is 0 Å². The van der Waals surface area contributed by atoms with Crippen molar-refractivity contribution >= 4 is 6.08 Å². The minimum absolute atomic E-state index is 0.275. The van der Waals surface area contributed by atoms with Crippen LogP contribution < -0.4 is 4.74 Å². The van der Waals surface area contributed by atoms with Crippen LogP contribution in [0, 0.1) is 5.82 Å². The third-order valence-corrected chi connectivity index (χ3v) is 2.88. The zero-order valence-corrected chi connectivity index (χ0v) is 11.3. The summed E-state index contributed by atoms with van der Waals surface area (Å²) in [4.78, 5) is 0. The highest BCUT2D eigenvalue weighted by atomic mass is 19.1. The van der Waals surface area contributed by atoms with Gasteiger partial charge in [0, 0.05) is 11.6 Å². The number of rotatable bonds is 5. The van der Waals surface area contributed by atoms with Crippen LogP contribution in [0.1, 0.15) is 24.2 Å². The van der Waals surface area contributed by atoms with Gasteiger partial charge < -0.3 is 9.84 Å². The zero-order valence-electron chi connectivity index (χ0n) is 11.3. The van der Waals surface area contributed by atoms with Crippen molar-refractivity contribution in [3.05, 3.63) is 71.6 Å². The molecule has 1 N–H and O–H groups in total. The molecule has 20 heavy (non-hydrogen) atoms. The first-order valence-corrected chi connectivity index (χ1v) is 6.48. The van der Waals surface area contributed by atoms with Gasteiger partial charge in [-0.15, -0.1) is 0 Å². The van der Waals surface area contributed by atoms with Gasteiger partial charge in [-0.2, -0.15) is 0 Å². The van der Waals surface area contributed by atoms with Gasteiger partial charge in [-0.1, -0.05) is 36.4 Å². The Labute approximate surface area is 118 Å². The smallest absolute Gasteiger partial charge is 0.132 e. The summed E-state index contributed by atoms with van der Waals surface area (Å²) >= 11 is 0. The lowest BCUT2D eigenvalue weighted by Crippen LogP contribution is -1.98. The van der Waals surface area contributed by atoms with Gasteiger partial charge in [0.1, 0.15) is 18.2 Å². The maximum absolute atomic E-state index is 13.6. The van der Waals surface area contributed by atoms with Gasteiger partial charge >= 0.3 is 0 Å². The molecule has 2 aromatic carbocycles. The highest BCUT2D eigenvalue weighted by molar-refractivity contribution is 5.48. The Hall–Kier alpha value is -2.13. The molecular formula is C17H17FO2. The molecule has 0 unspecified atom stereocenters. The fourth-order valence-electron chi connectivity index (χ4n) is 1.83. The minimum Gasteiger partial charge on any atom is -0.489 e. The fraction of sp³-hybridized carbons (Fsp3) is 0.176. The van der Waals surface area contributed by atoms with E-state index in [0.29, 0.717) is 12.4 Å². The van der Waals surface area contributed by atoms with Crippen LogP contribution in [0.15, 0.2) is 54.6 Å². The molecule has 0 saturated heterocycles. The zero-order chi connectivity index (χ0) is 14.4. The first-order chi connectivity index (χ1) is 9.66. The third kappa shape index (κ3) is 3.93. The molecule has 0 radical (unpaired) electrons. The quantitative estimate of drug-likeness (QED) is 0.892. The highest BCUT2D eigenvalue weighted by Crippen LogP contribution is 2.21. The van der Waals surface area contributed by atoms with Gasteiger partial charge in [0.15, 0.2) is 0 Å². The van der Waals surface area contributed by atoms with E-state index >= 15 is 0 Å². The molecule has 0 saturated carbocycles. The van der Waals surface area contributed by atoms with Crippen LogP contribution in [0.5, 0.6) is 5.75 Å². The number of aliphatic hydroxyl groups excluding tert-OH is 1. The molecule has 0 aromatic heterocycles. The Morgan fingerprint density at radius 1 is 1.20 bits per heavy atom. The molecule has 3 heteroatoms. The minimum atomic E-state index is -0.818. The summed E-state index contributed by atoms with van der Waals surface area (Å²) in [6, 6.07) is 14.4. The highest BCUT2D eigenvalue weighted by Gasteiger charge is 2.08. The van der Waals surface area contributed by atoms with Crippen molar-refractivity contribution in [1.29, 1.82) is 0 Å². The van der Waals surface area contributed by atoms with Crippen LogP contribution in [-0.2, 0) is 0 Å². The summed E-state index contributed by atoms with van der Waals surface area (Å²) < 4.78 is 19.1. The van der Waals surface area contributed by atoms with Crippen LogP contribution in [0.25, 0.3) is 6.08 Å². The van der Waals surface area contributed by atoms with E-state index in [1.165, 1.54) is 19.1 Å². The van der Waals surface area contributed by atoms with Crippen molar-refractivity contribution in [2.24, 2.45) is 0 Å². The Balaban J connectivity index is 1.92. The van der Waals surface area contributed by atoms with E-state index in [2.05, 4.69) is 0 Å². The summed E-state index contributed by atoms with van der Waals surface area (Å²) in [5.74, 6) is -0.00542. The van der Waals surface area contributed by atoms with Crippen molar-refractivity contribution in [2.75, 3.05) is 6.61 Å². The molecule has 0 heterocycles. The molecule has 2 aromatic rings. The first kappa shape index (κ1) is 14.3. The molecule has 0 fully saturated rings. The molecule has 0 amide bonds. The fourth-order valence-corrected chi connectivity index (χ4v) is 1.83. The largest absolute Gasteiger partial charge is 0.489 e. The van der Waals surface area contributed by atoms with E-state index in [4.69, 9.17) is 4.74 Å². The lowest BCUT2D eigenvalue weighted by atomic mass is 10.1. The van der Waals surface area contributed by atoms with Crippen LogP contribution in [-0.4, -0.2) is 11.7 Å². The summed E-state index contributed by atoms with van der Waals surface area (Å²) in [5, 5.41) is 9.34. The van der Waals surface area contributed by atoms with E-state index in [9.17, 15) is 9.50 Å². The third-order valence-electron chi connectivity index (χ3n) is 2.88. The second kappa shape index (κ2) is 6.87. The molecule has 0 aliphatic heterocycles. The normalized spacial score (nSPS) is 12.6. The van der Waals surface area contributed by atoms with E-state index < -0.39 is 11.9 Å². The summed E-state index contributed by atoms with van der Waals surface area (Å²) in [6.07, 6.45) is 3.00. The lowest BCUT2D eigenvalue weighted by Gasteiger charge is -2.08. The van der Waals surface area contributed by atoms with Crippen LogP contribution in [0.4, 0.5) is 4.39 Å². The molecule has 104 valence electrons. The van der Waals surface area contributed by atoms with Crippen LogP contribution >= 0.6 is 0 Å². The molecule has 2 rings (SSSR count). The summed E-state index contributed by atoms with van der Waals surface area (Å²) in [7, 11) is 0. The second-order valence-corrected chi connectivity index (χ2v) is 4.48. The first-order valence-electron chi connectivity index (χ1n) is 6.48. The number of benzene rings is 2. The molecule has 2 nitrogen and oxygen atoms in total. The van der Waals surface area contributed by atoms with Crippen LogP contribution in [0.3, 0.4) is 0 Å². The number of halogens is 1.